The van der Waals surface area contributed by atoms with Crippen LogP contribution < -0.4 is 4.90 Å². The molecule has 0 N–H and O–H groups in total. The molecule has 0 amide bonds. The molecule has 25 heavy (non-hydrogen) atoms. The SMILES string of the molecule is O=[N+]([O-])c1cc(F)ccc1N1CCCCC1c1nnc2n1CCCC2. The molecule has 4 rings (SSSR count). The fourth-order valence-corrected chi connectivity index (χ4v) is 3.95. The van der Waals surface area contributed by atoms with Crippen LogP contribution in [0.2, 0.25) is 0 Å². The summed E-state index contributed by atoms with van der Waals surface area (Å²) in [6.07, 6.45) is 6.00. The Bertz CT molecular complexity index is 806. The highest BCUT2D eigenvalue weighted by atomic mass is 19.1. The molecule has 0 saturated carbocycles. The number of anilines is 1. The highest BCUT2D eigenvalue weighted by molar-refractivity contribution is 5.64. The summed E-state index contributed by atoms with van der Waals surface area (Å²) in [7, 11) is 0. The minimum Gasteiger partial charge on any atom is -0.356 e. The number of aromatic nitrogens is 3. The van der Waals surface area contributed by atoms with E-state index in [2.05, 4.69) is 14.8 Å². The topological polar surface area (TPSA) is 77.1 Å². The molecule has 1 aromatic carbocycles. The first-order chi connectivity index (χ1) is 12.1. The molecule has 132 valence electrons. The van der Waals surface area contributed by atoms with Gasteiger partial charge in [0.05, 0.1) is 17.0 Å². The standard InChI is InChI=1S/C17H20FN5O2/c18-12-7-8-13(15(11-12)23(24)25)21-9-3-1-5-14(21)17-20-19-16-6-2-4-10-22(16)17/h7-8,11,14H,1-6,9-10H2. The molecule has 3 heterocycles. The summed E-state index contributed by atoms with van der Waals surface area (Å²) in [6, 6.07) is 3.74. The predicted molar refractivity (Wildman–Crippen MR) is 90.0 cm³/mol. The van der Waals surface area contributed by atoms with Gasteiger partial charge in [0.25, 0.3) is 5.69 Å². The van der Waals surface area contributed by atoms with Gasteiger partial charge < -0.3 is 9.47 Å². The van der Waals surface area contributed by atoms with Crippen LogP contribution in [0, 0.1) is 15.9 Å². The molecule has 2 aromatic rings. The zero-order chi connectivity index (χ0) is 17.4. The molecule has 1 unspecified atom stereocenters. The van der Waals surface area contributed by atoms with Crippen LogP contribution >= 0.6 is 0 Å². The van der Waals surface area contributed by atoms with Crippen molar-refractivity contribution in [3.8, 4) is 0 Å². The quantitative estimate of drug-likeness (QED) is 0.629. The maximum atomic E-state index is 13.5. The summed E-state index contributed by atoms with van der Waals surface area (Å²) in [5.41, 5.74) is 0.273. The van der Waals surface area contributed by atoms with E-state index in [4.69, 9.17) is 0 Å². The van der Waals surface area contributed by atoms with Crippen molar-refractivity contribution in [2.24, 2.45) is 0 Å². The summed E-state index contributed by atoms with van der Waals surface area (Å²) in [5, 5.41) is 20.2. The Morgan fingerprint density at radius 1 is 1.16 bits per heavy atom. The highest BCUT2D eigenvalue weighted by Gasteiger charge is 2.33. The molecule has 0 bridgehead atoms. The molecule has 1 fully saturated rings. The van der Waals surface area contributed by atoms with Gasteiger partial charge in [-0.25, -0.2) is 4.39 Å². The third-order valence-electron chi connectivity index (χ3n) is 5.13. The Hall–Kier alpha value is -2.51. The number of nitrogens with zero attached hydrogens (tertiary/aromatic N) is 5. The van der Waals surface area contributed by atoms with Crippen molar-refractivity contribution in [2.45, 2.75) is 51.1 Å². The minimum absolute atomic E-state index is 0.0581. The lowest BCUT2D eigenvalue weighted by molar-refractivity contribution is -0.384. The monoisotopic (exact) mass is 345 g/mol. The van der Waals surface area contributed by atoms with E-state index in [0.717, 1.165) is 62.8 Å². The maximum Gasteiger partial charge on any atom is 0.295 e. The van der Waals surface area contributed by atoms with Gasteiger partial charge in [-0.1, -0.05) is 0 Å². The van der Waals surface area contributed by atoms with Crippen LogP contribution in [-0.2, 0) is 13.0 Å². The Labute approximate surface area is 144 Å². The number of piperidine rings is 1. The molecule has 2 aliphatic heterocycles. The van der Waals surface area contributed by atoms with Crippen molar-refractivity contribution in [3.63, 3.8) is 0 Å². The number of fused-ring (bicyclic) bond motifs is 1. The van der Waals surface area contributed by atoms with E-state index in [9.17, 15) is 14.5 Å². The number of benzene rings is 1. The van der Waals surface area contributed by atoms with Crippen LogP contribution in [0.15, 0.2) is 18.2 Å². The Balaban J connectivity index is 1.76. The normalized spacial score (nSPS) is 20.4. The number of aryl methyl sites for hydroxylation is 1. The summed E-state index contributed by atoms with van der Waals surface area (Å²) in [4.78, 5) is 12.9. The van der Waals surface area contributed by atoms with Crippen molar-refractivity contribution < 1.29 is 9.31 Å². The van der Waals surface area contributed by atoms with E-state index in [1.807, 2.05) is 4.90 Å². The smallest absolute Gasteiger partial charge is 0.295 e. The lowest BCUT2D eigenvalue weighted by Gasteiger charge is -2.37. The van der Waals surface area contributed by atoms with Crippen LogP contribution in [0.4, 0.5) is 15.8 Å². The van der Waals surface area contributed by atoms with Crippen molar-refractivity contribution in [1.82, 2.24) is 14.8 Å². The van der Waals surface area contributed by atoms with Gasteiger partial charge >= 0.3 is 0 Å². The van der Waals surface area contributed by atoms with Crippen LogP contribution in [0.1, 0.15) is 49.8 Å². The first-order valence-corrected chi connectivity index (χ1v) is 8.77. The van der Waals surface area contributed by atoms with E-state index in [1.54, 1.807) is 0 Å². The number of halogens is 1. The average Bonchev–Trinajstić information content (AvgIpc) is 3.05. The molecule has 2 aliphatic rings. The average molecular weight is 345 g/mol. The van der Waals surface area contributed by atoms with Gasteiger partial charge in [-0.3, -0.25) is 10.1 Å². The Morgan fingerprint density at radius 3 is 2.84 bits per heavy atom. The summed E-state index contributed by atoms with van der Waals surface area (Å²) >= 11 is 0. The van der Waals surface area contributed by atoms with Crippen LogP contribution in [0.3, 0.4) is 0 Å². The molecule has 0 spiro atoms. The van der Waals surface area contributed by atoms with Gasteiger partial charge in [0.15, 0.2) is 5.82 Å². The third kappa shape index (κ3) is 2.85. The second-order valence-corrected chi connectivity index (χ2v) is 6.68. The first-order valence-electron chi connectivity index (χ1n) is 8.77. The van der Waals surface area contributed by atoms with Crippen molar-refractivity contribution >= 4 is 11.4 Å². The van der Waals surface area contributed by atoms with Crippen molar-refractivity contribution in [3.05, 3.63) is 45.8 Å². The number of rotatable bonds is 3. The summed E-state index contributed by atoms with van der Waals surface area (Å²) in [6.45, 7) is 1.59. The zero-order valence-corrected chi connectivity index (χ0v) is 13.9. The molecule has 1 saturated heterocycles. The number of nitro benzene ring substituents is 1. The van der Waals surface area contributed by atoms with E-state index >= 15 is 0 Å². The van der Waals surface area contributed by atoms with Gasteiger partial charge in [-0.2, -0.15) is 0 Å². The van der Waals surface area contributed by atoms with Crippen LogP contribution in [0.5, 0.6) is 0 Å². The second kappa shape index (κ2) is 6.42. The number of hydrogen-bond donors (Lipinski definition) is 0. The fourth-order valence-electron chi connectivity index (χ4n) is 3.95. The molecule has 7 nitrogen and oxygen atoms in total. The van der Waals surface area contributed by atoms with Gasteiger partial charge in [0, 0.05) is 19.5 Å². The second-order valence-electron chi connectivity index (χ2n) is 6.68. The lowest BCUT2D eigenvalue weighted by Crippen LogP contribution is -2.36. The molecule has 8 heteroatoms. The Morgan fingerprint density at radius 2 is 2.00 bits per heavy atom. The lowest BCUT2D eigenvalue weighted by atomic mass is 9.99. The third-order valence-corrected chi connectivity index (χ3v) is 5.13. The van der Waals surface area contributed by atoms with Gasteiger partial charge in [0.2, 0.25) is 0 Å². The van der Waals surface area contributed by atoms with E-state index in [1.165, 1.54) is 12.1 Å². The fraction of sp³-hybridized carbons (Fsp3) is 0.529. The van der Waals surface area contributed by atoms with Crippen molar-refractivity contribution in [1.29, 1.82) is 0 Å². The summed E-state index contributed by atoms with van der Waals surface area (Å²) in [5.74, 6) is 1.29. The van der Waals surface area contributed by atoms with Gasteiger partial charge in [0.1, 0.15) is 17.3 Å². The number of nitro groups is 1. The largest absolute Gasteiger partial charge is 0.356 e. The van der Waals surface area contributed by atoms with Gasteiger partial charge in [-0.15, -0.1) is 10.2 Å². The van der Waals surface area contributed by atoms with E-state index < -0.39 is 10.7 Å². The molecule has 0 radical (unpaired) electrons. The number of hydrogen-bond acceptors (Lipinski definition) is 5. The highest BCUT2D eigenvalue weighted by Crippen LogP contribution is 2.39. The van der Waals surface area contributed by atoms with Crippen LogP contribution in [-0.4, -0.2) is 26.2 Å². The van der Waals surface area contributed by atoms with Gasteiger partial charge in [-0.05, 0) is 44.2 Å². The zero-order valence-electron chi connectivity index (χ0n) is 13.9. The van der Waals surface area contributed by atoms with E-state index in [-0.39, 0.29) is 11.7 Å². The predicted octanol–water partition coefficient (Wildman–Crippen LogP) is 3.39. The Kier molecular flexibility index (Phi) is 4.10. The van der Waals surface area contributed by atoms with Crippen molar-refractivity contribution in [2.75, 3.05) is 11.4 Å². The molecule has 1 aromatic heterocycles. The minimum atomic E-state index is -0.594. The molecule has 1 atom stereocenters. The maximum absolute atomic E-state index is 13.5. The van der Waals surface area contributed by atoms with E-state index in [0.29, 0.717) is 12.2 Å². The van der Waals surface area contributed by atoms with Crippen LogP contribution in [0.25, 0.3) is 0 Å². The summed E-state index contributed by atoms with van der Waals surface area (Å²) < 4.78 is 15.7. The molecule has 0 aliphatic carbocycles. The molecular weight excluding hydrogens is 325 g/mol. The molecular formula is C17H20FN5O2. The first kappa shape index (κ1) is 16.0.